The summed E-state index contributed by atoms with van der Waals surface area (Å²) in [6.07, 6.45) is 7.68. The lowest BCUT2D eigenvalue weighted by molar-refractivity contribution is 0.764. The Balaban J connectivity index is 2.57. The first-order valence-electron chi connectivity index (χ1n) is 5.30. The molecule has 0 bridgehead atoms. The van der Waals surface area contributed by atoms with E-state index in [2.05, 4.69) is 24.9 Å². The molecule has 1 heterocycles. The van der Waals surface area contributed by atoms with E-state index in [4.69, 9.17) is 5.73 Å². The quantitative estimate of drug-likeness (QED) is 0.709. The average molecular weight is 180 g/mol. The lowest BCUT2D eigenvalue weighted by Crippen LogP contribution is -2.31. The van der Waals surface area contributed by atoms with E-state index in [1.54, 1.807) is 0 Å². The number of nitrogens with two attached hydrogens (primary N) is 1. The lowest BCUT2D eigenvalue weighted by Gasteiger charge is -2.18. The molecule has 2 nitrogen and oxygen atoms in total. The minimum atomic E-state index is 0.182. The van der Waals surface area contributed by atoms with Gasteiger partial charge in [-0.2, -0.15) is 0 Å². The summed E-state index contributed by atoms with van der Waals surface area (Å²) in [5.41, 5.74) is 8.39. The van der Waals surface area contributed by atoms with E-state index in [0.29, 0.717) is 0 Å². The van der Waals surface area contributed by atoms with E-state index >= 15 is 0 Å². The third kappa shape index (κ3) is 2.96. The Labute approximate surface area is 80.9 Å². The smallest absolute Gasteiger partial charge is 0.0466 e. The maximum absolute atomic E-state index is 5.96. The van der Waals surface area contributed by atoms with Gasteiger partial charge < -0.3 is 5.73 Å². The third-order valence-electron chi connectivity index (χ3n) is 2.47. The van der Waals surface area contributed by atoms with Crippen LogP contribution in [-0.2, 0) is 0 Å². The summed E-state index contributed by atoms with van der Waals surface area (Å²) in [4.78, 5) is 4.57. The van der Waals surface area contributed by atoms with E-state index in [1.165, 1.54) is 24.3 Å². The number of aliphatic imine (C=N–C) groups is 1. The molecule has 1 unspecified atom stereocenters. The summed E-state index contributed by atoms with van der Waals surface area (Å²) in [5.74, 6) is 0. The van der Waals surface area contributed by atoms with Crippen LogP contribution in [0.1, 0.15) is 46.0 Å². The Kier molecular flexibility index (Phi) is 4.16. The van der Waals surface area contributed by atoms with Crippen LogP contribution < -0.4 is 5.73 Å². The molecule has 1 rings (SSSR count). The zero-order chi connectivity index (χ0) is 9.68. The van der Waals surface area contributed by atoms with E-state index in [-0.39, 0.29) is 6.04 Å². The second kappa shape index (κ2) is 5.18. The lowest BCUT2D eigenvalue weighted by atomic mass is 10.00. The molecule has 0 aliphatic carbocycles. The van der Waals surface area contributed by atoms with Gasteiger partial charge in [0.1, 0.15) is 0 Å². The van der Waals surface area contributed by atoms with Crippen LogP contribution >= 0.6 is 0 Å². The monoisotopic (exact) mass is 180 g/mol. The number of rotatable bonds is 4. The maximum atomic E-state index is 5.96. The van der Waals surface area contributed by atoms with Gasteiger partial charge in [-0.15, -0.1) is 0 Å². The Morgan fingerprint density at radius 3 is 2.92 bits per heavy atom. The summed E-state index contributed by atoms with van der Waals surface area (Å²) in [5, 5.41) is 0. The molecular formula is C11H20N2. The summed E-state index contributed by atoms with van der Waals surface area (Å²) >= 11 is 0. The normalized spacial score (nSPS) is 22.5. The average Bonchev–Trinajstić information content (AvgIpc) is 2.17. The zero-order valence-corrected chi connectivity index (χ0v) is 8.71. The molecule has 2 heteroatoms. The van der Waals surface area contributed by atoms with Crippen LogP contribution in [0.2, 0.25) is 0 Å². The second-order valence-electron chi connectivity index (χ2n) is 3.60. The van der Waals surface area contributed by atoms with Crippen molar-refractivity contribution in [2.75, 3.05) is 0 Å². The van der Waals surface area contributed by atoms with Crippen molar-refractivity contribution < 1.29 is 0 Å². The van der Waals surface area contributed by atoms with Crippen molar-refractivity contribution >= 4 is 5.71 Å². The Morgan fingerprint density at radius 2 is 2.31 bits per heavy atom. The van der Waals surface area contributed by atoms with Crippen molar-refractivity contribution in [3.05, 3.63) is 11.8 Å². The van der Waals surface area contributed by atoms with E-state index < -0.39 is 0 Å². The Morgan fingerprint density at radius 1 is 1.54 bits per heavy atom. The van der Waals surface area contributed by atoms with Crippen LogP contribution in [0.25, 0.3) is 0 Å². The van der Waals surface area contributed by atoms with Crippen molar-refractivity contribution in [2.24, 2.45) is 10.7 Å². The molecule has 1 atom stereocenters. The van der Waals surface area contributed by atoms with Crippen molar-refractivity contribution in [3.63, 3.8) is 0 Å². The first kappa shape index (κ1) is 10.5. The molecule has 74 valence electrons. The fraction of sp³-hybridized carbons (Fsp3) is 0.727. The van der Waals surface area contributed by atoms with E-state index in [1.807, 2.05) is 0 Å². The predicted octanol–water partition coefficient (Wildman–Crippen LogP) is 2.64. The molecule has 0 aromatic carbocycles. The molecule has 1 aliphatic heterocycles. The molecular weight excluding hydrogens is 160 g/mol. The fourth-order valence-electron chi connectivity index (χ4n) is 1.53. The van der Waals surface area contributed by atoms with Crippen LogP contribution in [0, 0.1) is 0 Å². The number of hydrogen-bond donors (Lipinski definition) is 1. The molecule has 13 heavy (non-hydrogen) atoms. The summed E-state index contributed by atoms with van der Waals surface area (Å²) in [7, 11) is 0. The van der Waals surface area contributed by atoms with E-state index in [0.717, 1.165) is 19.3 Å². The second-order valence-corrected chi connectivity index (χ2v) is 3.60. The van der Waals surface area contributed by atoms with E-state index in [9.17, 15) is 0 Å². The molecule has 0 saturated heterocycles. The largest absolute Gasteiger partial charge is 0.323 e. The van der Waals surface area contributed by atoms with Gasteiger partial charge >= 0.3 is 0 Å². The maximum Gasteiger partial charge on any atom is 0.0466 e. The first-order chi connectivity index (χ1) is 6.27. The number of nitrogens with zero attached hydrogens (tertiary/aromatic N) is 1. The highest BCUT2D eigenvalue weighted by atomic mass is 14.8. The van der Waals surface area contributed by atoms with Gasteiger partial charge in [0.05, 0.1) is 0 Å². The molecule has 0 spiro atoms. The highest BCUT2D eigenvalue weighted by Crippen LogP contribution is 2.15. The van der Waals surface area contributed by atoms with Crippen LogP contribution in [0.15, 0.2) is 16.8 Å². The molecule has 0 amide bonds. The predicted molar refractivity (Wildman–Crippen MR) is 57.9 cm³/mol. The van der Waals surface area contributed by atoms with Crippen molar-refractivity contribution in [1.82, 2.24) is 0 Å². The van der Waals surface area contributed by atoms with Gasteiger partial charge in [-0.3, -0.25) is 4.99 Å². The van der Waals surface area contributed by atoms with Crippen LogP contribution in [-0.4, -0.2) is 11.8 Å². The minimum Gasteiger partial charge on any atom is -0.323 e. The van der Waals surface area contributed by atoms with Gasteiger partial charge in [0, 0.05) is 17.5 Å². The number of hydrogen-bond acceptors (Lipinski definition) is 2. The Hall–Kier alpha value is -0.630. The SMILES string of the molecule is CCCCC1=NC(CC)=CCC1N. The molecule has 0 aromatic rings. The van der Waals surface area contributed by atoms with Crippen LogP contribution in [0.4, 0.5) is 0 Å². The molecule has 0 saturated carbocycles. The molecule has 0 aromatic heterocycles. The molecule has 1 aliphatic rings. The van der Waals surface area contributed by atoms with Gasteiger partial charge in [0.2, 0.25) is 0 Å². The van der Waals surface area contributed by atoms with Gasteiger partial charge in [-0.1, -0.05) is 26.3 Å². The third-order valence-corrected chi connectivity index (χ3v) is 2.47. The highest BCUT2D eigenvalue weighted by molar-refractivity contribution is 5.91. The van der Waals surface area contributed by atoms with Crippen molar-refractivity contribution in [3.8, 4) is 0 Å². The van der Waals surface area contributed by atoms with Gasteiger partial charge in [-0.25, -0.2) is 0 Å². The van der Waals surface area contributed by atoms with Gasteiger partial charge in [0.25, 0.3) is 0 Å². The molecule has 0 fully saturated rings. The van der Waals surface area contributed by atoms with Crippen LogP contribution in [0.3, 0.4) is 0 Å². The fourth-order valence-corrected chi connectivity index (χ4v) is 1.53. The van der Waals surface area contributed by atoms with Crippen LogP contribution in [0.5, 0.6) is 0 Å². The van der Waals surface area contributed by atoms with Crippen molar-refractivity contribution in [2.45, 2.75) is 52.0 Å². The zero-order valence-electron chi connectivity index (χ0n) is 8.71. The summed E-state index contributed by atoms with van der Waals surface area (Å²) in [6, 6.07) is 0.182. The summed E-state index contributed by atoms with van der Waals surface area (Å²) in [6.45, 7) is 4.34. The molecule has 0 radical (unpaired) electrons. The van der Waals surface area contributed by atoms with Gasteiger partial charge in [-0.05, 0) is 25.7 Å². The highest BCUT2D eigenvalue weighted by Gasteiger charge is 2.14. The Bertz CT molecular complexity index is 216. The first-order valence-corrected chi connectivity index (χ1v) is 5.30. The summed E-state index contributed by atoms with van der Waals surface area (Å²) < 4.78 is 0. The minimum absolute atomic E-state index is 0.182. The number of unbranched alkanes of at least 4 members (excludes halogenated alkanes) is 1. The molecule has 2 N–H and O–H groups in total. The van der Waals surface area contributed by atoms with Gasteiger partial charge in [0.15, 0.2) is 0 Å². The topological polar surface area (TPSA) is 38.4 Å². The standard InChI is InChI=1S/C11H20N2/c1-3-5-6-11-10(12)8-7-9(4-2)13-11/h7,10H,3-6,8,12H2,1-2H3. The number of allylic oxidation sites excluding steroid dienone is 1. The van der Waals surface area contributed by atoms with Crippen molar-refractivity contribution in [1.29, 1.82) is 0 Å².